The summed E-state index contributed by atoms with van der Waals surface area (Å²) in [6.45, 7) is 3.17. The Kier molecular flexibility index (Phi) is 7.30. The lowest BCUT2D eigenvalue weighted by molar-refractivity contribution is -0.147. The highest BCUT2D eigenvalue weighted by atomic mass is 16.5. The van der Waals surface area contributed by atoms with E-state index < -0.39 is 37.1 Å². The molecule has 0 spiro atoms. The Hall–Kier alpha value is -2.32. The summed E-state index contributed by atoms with van der Waals surface area (Å²) in [4.78, 5) is 44.9. The van der Waals surface area contributed by atoms with Gasteiger partial charge in [0.15, 0.2) is 6.61 Å². The van der Waals surface area contributed by atoms with Crippen LogP contribution in [-0.4, -0.2) is 43.1 Å². The van der Waals surface area contributed by atoms with Crippen molar-refractivity contribution in [3.05, 3.63) is 0 Å². The summed E-state index contributed by atoms with van der Waals surface area (Å²) in [5.41, 5.74) is 4.78. The van der Waals surface area contributed by atoms with Crippen molar-refractivity contribution in [2.45, 2.75) is 39.2 Å². The second kappa shape index (κ2) is 8.96. The minimum Gasteiger partial charge on any atom is -0.454 e. The smallest absolute Gasteiger partial charge is 0.325 e. The summed E-state index contributed by atoms with van der Waals surface area (Å²) in [6, 6.07) is -1.46. The zero-order valence-corrected chi connectivity index (χ0v) is 13.4. The van der Waals surface area contributed by atoms with E-state index in [9.17, 15) is 19.2 Å². The summed E-state index contributed by atoms with van der Waals surface area (Å²) in [5, 5.41) is 6.90. The van der Waals surface area contributed by atoms with Gasteiger partial charge in [0.2, 0.25) is 0 Å². The predicted molar refractivity (Wildman–Crippen MR) is 81.2 cm³/mol. The van der Waals surface area contributed by atoms with E-state index in [1.165, 1.54) is 0 Å². The first-order valence-electron chi connectivity index (χ1n) is 7.59. The maximum atomic E-state index is 11.8. The number of amides is 5. The number of carbonyl (C=O) groups excluding carboxylic acids is 4. The van der Waals surface area contributed by atoms with Crippen molar-refractivity contribution >= 4 is 23.9 Å². The van der Waals surface area contributed by atoms with Gasteiger partial charge in [-0.15, -0.1) is 0 Å². The first-order valence-corrected chi connectivity index (χ1v) is 7.59. The molecule has 0 aliphatic heterocycles. The number of nitrogens with two attached hydrogens (primary N) is 1. The van der Waals surface area contributed by atoms with Gasteiger partial charge in [0, 0.05) is 6.04 Å². The zero-order chi connectivity index (χ0) is 17.4. The Labute approximate surface area is 134 Å². The lowest BCUT2D eigenvalue weighted by atomic mass is 9.78. The van der Waals surface area contributed by atoms with Gasteiger partial charge in [-0.25, -0.2) is 9.59 Å². The van der Waals surface area contributed by atoms with Gasteiger partial charge in [-0.3, -0.25) is 14.9 Å². The van der Waals surface area contributed by atoms with Crippen molar-refractivity contribution in [3.8, 4) is 0 Å². The van der Waals surface area contributed by atoms with E-state index in [-0.39, 0.29) is 6.04 Å². The van der Waals surface area contributed by atoms with Crippen molar-refractivity contribution in [2.75, 3.05) is 13.2 Å². The Morgan fingerprint density at radius 3 is 2.52 bits per heavy atom. The molecule has 0 aromatic heterocycles. The van der Waals surface area contributed by atoms with E-state index in [1.807, 2.05) is 5.32 Å². The quantitative estimate of drug-likeness (QED) is 0.520. The molecule has 5 amide bonds. The minimum absolute atomic E-state index is 0.0221. The molecule has 0 bridgehead atoms. The molecule has 1 rings (SSSR count). The van der Waals surface area contributed by atoms with E-state index in [0.29, 0.717) is 11.8 Å². The lowest BCUT2D eigenvalue weighted by Gasteiger charge is -2.34. The second-order valence-corrected chi connectivity index (χ2v) is 5.77. The topological polar surface area (TPSA) is 140 Å². The average Bonchev–Trinajstić information content (AvgIpc) is 2.47. The third-order valence-corrected chi connectivity index (χ3v) is 4.05. The summed E-state index contributed by atoms with van der Waals surface area (Å²) in [6.07, 6.45) is 3.05. The maximum Gasteiger partial charge on any atom is 0.325 e. The van der Waals surface area contributed by atoms with Crippen LogP contribution in [-0.2, 0) is 14.3 Å². The Bertz CT molecular complexity index is 468. The molecule has 0 aromatic rings. The largest absolute Gasteiger partial charge is 0.454 e. The van der Waals surface area contributed by atoms with Crippen LogP contribution in [0.5, 0.6) is 0 Å². The molecule has 130 valence electrons. The van der Waals surface area contributed by atoms with Crippen LogP contribution in [0.3, 0.4) is 0 Å². The van der Waals surface area contributed by atoms with E-state index in [2.05, 4.69) is 29.2 Å². The molecule has 0 unspecified atom stereocenters. The standard InChI is InChI=1S/C14H24N4O5/c1-8-4-3-5-10(9(8)2)17-14(22)18-11(19)7-23-12(20)6-16-13(15)21/h8-10H,3-7H2,1-2H3,(H3,15,16,21)(H2,17,18,19,22)/t8-,9+,10-/m1/s1. The summed E-state index contributed by atoms with van der Waals surface area (Å²) >= 11 is 0. The van der Waals surface area contributed by atoms with Gasteiger partial charge in [-0.2, -0.15) is 0 Å². The summed E-state index contributed by atoms with van der Waals surface area (Å²) in [5.74, 6) is -0.716. The van der Waals surface area contributed by atoms with Gasteiger partial charge in [-0.05, 0) is 18.3 Å². The zero-order valence-electron chi connectivity index (χ0n) is 13.4. The SMILES string of the molecule is C[C@H]1[C@H](C)CCC[C@H]1NC(=O)NC(=O)COC(=O)CNC(N)=O. The van der Waals surface area contributed by atoms with Gasteiger partial charge in [0.05, 0.1) is 0 Å². The molecule has 9 heteroatoms. The Morgan fingerprint density at radius 1 is 1.17 bits per heavy atom. The van der Waals surface area contributed by atoms with E-state index in [4.69, 9.17) is 5.73 Å². The highest BCUT2D eigenvalue weighted by Crippen LogP contribution is 2.29. The van der Waals surface area contributed by atoms with Crippen LogP contribution in [0.2, 0.25) is 0 Å². The number of hydrogen-bond donors (Lipinski definition) is 4. The minimum atomic E-state index is -0.874. The number of esters is 1. The molecule has 1 saturated carbocycles. The van der Waals surface area contributed by atoms with Crippen LogP contribution in [0.1, 0.15) is 33.1 Å². The van der Waals surface area contributed by atoms with E-state index >= 15 is 0 Å². The van der Waals surface area contributed by atoms with Crippen LogP contribution in [0, 0.1) is 11.8 Å². The molecular formula is C14H24N4O5. The van der Waals surface area contributed by atoms with Gasteiger partial charge in [0.1, 0.15) is 6.54 Å². The molecule has 1 fully saturated rings. The van der Waals surface area contributed by atoms with Crippen LogP contribution in [0.4, 0.5) is 9.59 Å². The summed E-state index contributed by atoms with van der Waals surface area (Å²) < 4.78 is 4.58. The number of ether oxygens (including phenoxy) is 1. The number of carbonyl (C=O) groups is 4. The van der Waals surface area contributed by atoms with Crippen LogP contribution in [0.25, 0.3) is 0 Å². The molecule has 23 heavy (non-hydrogen) atoms. The fourth-order valence-electron chi connectivity index (χ4n) is 2.51. The number of imide groups is 1. The first-order chi connectivity index (χ1) is 10.8. The number of nitrogens with one attached hydrogen (secondary N) is 3. The van der Waals surface area contributed by atoms with Crippen LogP contribution in [0.15, 0.2) is 0 Å². The number of urea groups is 2. The molecule has 3 atom stereocenters. The van der Waals surface area contributed by atoms with Crippen LogP contribution >= 0.6 is 0 Å². The van der Waals surface area contributed by atoms with E-state index in [1.54, 1.807) is 0 Å². The van der Waals surface area contributed by atoms with Crippen LogP contribution < -0.4 is 21.7 Å². The maximum absolute atomic E-state index is 11.8. The fourth-order valence-corrected chi connectivity index (χ4v) is 2.51. The van der Waals surface area contributed by atoms with Gasteiger partial charge in [0.25, 0.3) is 5.91 Å². The first kappa shape index (κ1) is 18.7. The van der Waals surface area contributed by atoms with Crippen molar-refractivity contribution < 1.29 is 23.9 Å². The monoisotopic (exact) mass is 328 g/mol. The third-order valence-electron chi connectivity index (χ3n) is 4.05. The highest BCUT2D eigenvalue weighted by molar-refractivity contribution is 5.95. The fraction of sp³-hybridized carbons (Fsp3) is 0.714. The van der Waals surface area contributed by atoms with E-state index in [0.717, 1.165) is 19.3 Å². The van der Waals surface area contributed by atoms with Gasteiger partial charge in [-0.1, -0.05) is 26.7 Å². The summed E-state index contributed by atoms with van der Waals surface area (Å²) in [7, 11) is 0. The molecule has 0 heterocycles. The Morgan fingerprint density at radius 2 is 1.87 bits per heavy atom. The number of hydrogen-bond acceptors (Lipinski definition) is 5. The van der Waals surface area contributed by atoms with Crippen molar-refractivity contribution in [3.63, 3.8) is 0 Å². The van der Waals surface area contributed by atoms with Crippen molar-refractivity contribution in [1.82, 2.24) is 16.0 Å². The molecular weight excluding hydrogens is 304 g/mol. The van der Waals surface area contributed by atoms with Gasteiger partial charge < -0.3 is 21.1 Å². The highest BCUT2D eigenvalue weighted by Gasteiger charge is 2.28. The molecule has 9 nitrogen and oxygen atoms in total. The molecule has 1 aliphatic rings. The average molecular weight is 328 g/mol. The molecule has 0 radical (unpaired) electrons. The molecule has 1 aliphatic carbocycles. The molecule has 0 aromatic carbocycles. The van der Waals surface area contributed by atoms with Crippen molar-refractivity contribution in [2.24, 2.45) is 17.6 Å². The lowest BCUT2D eigenvalue weighted by Crippen LogP contribution is -2.50. The molecule has 5 N–H and O–H groups in total. The number of rotatable bonds is 5. The number of primary amides is 1. The van der Waals surface area contributed by atoms with Crippen molar-refractivity contribution in [1.29, 1.82) is 0 Å². The molecule has 0 saturated heterocycles. The van der Waals surface area contributed by atoms with Gasteiger partial charge >= 0.3 is 18.0 Å². The second-order valence-electron chi connectivity index (χ2n) is 5.77. The predicted octanol–water partition coefficient (Wildman–Crippen LogP) is -0.152. The Balaban J connectivity index is 2.27. The normalized spacial score (nSPS) is 23.5. The third kappa shape index (κ3) is 6.98.